The number of aromatic nitrogens is 1. The summed E-state index contributed by atoms with van der Waals surface area (Å²) >= 11 is 0. The average molecular weight is 246 g/mol. The van der Waals surface area contributed by atoms with Gasteiger partial charge in [0.15, 0.2) is 0 Å². The zero-order valence-electron chi connectivity index (χ0n) is 9.80. The smallest absolute Gasteiger partial charge is 0.314 e. The van der Waals surface area contributed by atoms with Gasteiger partial charge in [0.1, 0.15) is 0 Å². The number of pyridine rings is 1. The number of hydrogen-bond donors (Lipinski definition) is 1. The van der Waals surface area contributed by atoms with E-state index in [1.54, 1.807) is 18.5 Å². The van der Waals surface area contributed by atoms with E-state index in [-0.39, 0.29) is 12.5 Å². The first-order chi connectivity index (χ1) is 8.01. The molecule has 1 rings (SSSR count). The SMILES string of the molecule is CCNC(CCC(F)(F)F)Cc1cccnc1. The molecule has 0 radical (unpaired) electrons. The van der Waals surface area contributed by atoms with Gasteiger partial charge in [-0.05, 0) is 31.0 Å². The summed E-state index contributed by atoms with van der Waals surface area (Å²) in [5, 5.41) is 3.08. The van der Waals surface area contributed by atoms with Crippen LogP contribution in [0.1, 0.15) is 25.3 Å². The monoisotopic (exact) mass is 246 g/mol. The predicted molar refractivity (Wildman–Crippen MR) is 60.7 cm³/mol. The topological polar surface area (TPSA) is 24.9 Å². The summed E-state index contributed by atoms with van der Waals surface area (Å²) in [6.45, 7) is 2.56. The van der Waals surface area contributed by atoms with Crippen LogP contribution in [0.5, 0.6) is 0 Å². The van der Waals surface area contributed by atoms with Gasteiger partial charge in [0.2, 0.25) is 0 Å². The van der Waals surface area contributed by atoms with E-state index in [2.05, 4.69) is 10.3 Å². The molecule has 0 aliphatic rings. The van der Waals surface area contributed by atoms with Gasteiger partial charge in [0, 0.05) is 24.9 Å². The molecule has 1 aromatic rings. The van der Waals surface area contributed by atoms with Crippen LogP contribution < -0.4 is 5.32 Å². The molecule has 0 spiro atoms. The van der Waals surface area contributed by atoms with Crippen molar-refractivity contribution in [3.63, 3.8) is 0 Å². The highest BCUT2D eigenvalue weighted by Gasteiger charge is 2.28. The van der Waals surface area contributed by atoms with E-state index in [1.807, 2.05) is 13.0 Å². The Morgan fingerprint density at radius 3 is 2.71 bits per heavy atom. The predicted octanol–water partition coefficient (Wildman–Crippen LogP) is 2.94. The Kier molecular flexibility index (Phi) is 5.41. The average Bonchev–Trinajstić information content (AvgIpc) is 2.27. The highest BCUT2D eigenvalue weighted by molar-refractivity contribution is 5.10. The van der Waals surface area contributed by atoms with Gasteiger partial charge >= 0.3 is 6.18 Å². The van der Waals surface area contributed by atoms with Crippen LogP contribution in [-0.4, -0.2) is 23.7 Å². The fraction of sp³-hybridized carbons (Fsp3) is 0.583. The molecule has 0 aliphatic carbocycles. The maximum atomic E-state index is 12.2. The molecule has 17 heavy (non-hydrogen) atoms. The summed E-state index contributed by atoms with van der Waals surface area (Å²) in [6.07, 6.45) is -0.795. The largest absolute Gasteiger partial charge is 0.389 e. The normalized spacial score (nSPS) is 13.6. The minimum absolute atomic E-state index is 0.103. The van der Waals surface area contributed by atoms with Crippen LogP contribution in [0.2, 0.25) is 0 Å². The fourth-order valence-corrected chi connectivity index (χ4v) is 1.71. The van der Waals surface area contributed by atoms with Crippen LogP contribution >= 0.6 is 0 Å². The number of alkyl halides is 3. The second kappa shape index (κ2) is 6.59. The van der Waals surface area contributed by atoms with Gasteiger partial charge in [-0.3, -0.25) is 4.98 Å². The summed E-state index contributed by atoms with van der Waals surface area (Å²) < 4.78 is 36.5. The third-order valence-electron chi connectivity index (χ3n) is 2.47. The first kappa shape index (κ1) is 14.0. The standard InChI is InChI=1S/C12H17F3N2/c1-2-17-11(5-6-12(13,14)15)8-10-4-3-7-16-9-10/h3-4,7,9,11,17H,2,5-6,8H2,1H3. The summed E-state index contributed by atoms with van der Waals surface area (Å²) in [7, 11) is 0. The van der Waals surface area contributed by atoms with Crippen LogP contribution in [0.4, 0.5) is 13.2 Å². The van der Waals surface area contributed by atoms with Gasteiger partial charge < -0.3 is 5.32 Å². The zero-order valence-corrected chi connectivity index (χ0v) is 9.80. The molecule has 0 aromatic carbocycles. The van der Waals surface area contributed by atoms with Crippen molar-refractivity contribution in [1.82, 2.24) is 10.3 Å². The Balaban J connectivity index is 2.49. The van der Waals surface area contributed by atoms with Crippen LogP contribution in [0, 0.1) is 0 Å². The van der Waals surface area contributed by atoms with Gasteiger partial charge in [0.25, 0.3) is 0 Å². The molecular weight excluding hydrogens is 229 g/mol. The van der Waals surface area contributed by atoms with E-state index in [4.69, 9.17) is 0 Å². The van der Waals surface area contributed by atoms with E-state index >= 15 is 0 Å². The maximum Gasteiger partial charge on any atom is 0.389 e. The summed E-state index contributed by atoms with van der Waals surface area (Å²) in [5.74, 6) is 0. The Morgan fingerprint density at radius 1 is 1.41 bits per heavy atom. The molecule has 96 valence electrons. The Hall–Kier alpha value is -1.10. The van der Waals surface area contributed by atoms with Crippen LogP contribution in [0.25, 0.3) is 0 Å². The van der Waals surface area contributed by atoms with Crippen LogP contribution in [0.3, 0.4) is 0 Å². The second-order valence-electron chi connectivity index (χ2n) is 3.97. The van der Waals surface area contributed by atoms with Crippen molar-refractivity contribution in [2.45, 2.75) is 38.4 Å². The number of nitrogens with zero attached hydrogens (tertiary/aromatic N) is 1. The molecule has 1 N–H and O–H groups in total. The quantitative estimate of drug-likeness (QED) is 0.834. The van der Waals surface area contributed by atoms with Gasteiger partial charge in [-0.15, -0.1) is 0 Å². The Morgan fingerprint density at radius 2 is 2.18 bits per heavy atom. The first-order valence-corrected chi connectivity index (χ1v) is 5.70. The van der Waals surface area contributed by atoms with Gasteiger partial charge in [-0.25, -0.2) is 0 Å². The second-order valence-corrected chi connectivity index (χ2v) is 3.97. The number of halogens is 3. The van der Waals surface area contributed by atoms with Gasteiger partial charge in [-0.1, -0.05) is 13.0 Å². The molecule has 0 saturated heterocycles. The Bertz CT molecular complexity index is 311. The van der Waals surface area contributed by atoms with E-state index in [0.29, 0.717) is 13.0 Å². The van der Waals surface area contributed by atoms with Crippen molar-refractivity contribution < 1.29 is 13.2 Å². The molecule has 0 aliphatic heterocycles. The first-order valence-electron chi connectivity index (χ1n) is 5.70. The lowest BCUT2D eigenvalue weighted by Gasteiger charge is -2.18. The lowest BCUT2D eigenvalue weighted by atomic mass is 10.0. The van der Waals surface area contributed by atoms with E-state index < -0.39 is 12.6 Å². The van der Waals surface area contributed by atoms with Crippen LogP contribution in [0.15, 0.2) is 24.5 Å². The highest BCUT2D eigenvalue weighted by atomic mass is 19.4. The maximum absolute atomic E-state index is 12.2. The van der Waals surface area contributed by atoms with Crippen molar-refractivity contribution in [2.24, 2.45) is 0 Å². The molecule has 0 amide bonds. The van der Waals surface area contributed by atoms with Crippen molar-refractivity contribution >= 4 is 0 Å². The van der Waals surface area contributed by atoms with Crippen molar-refractivity contribution in [3.05, 3.63) is 30.1 Å². The third-order valence-corrected chi connectivity index (χ3v) is 2.47. The molecule has 0 saturated carbocycles. The lowest BCUT2D eigenvalue weighted by Crippen LogP contribution is -2.32. The fourth-order valence-electron chi connectivity index (χ4n) is 1.71. The van der Waals surface area contributed by atoms with Gasteiger partial charge in [-0.2, -0.15) is 13.2 Å². The number of nitrogens with one attached hydrogen (secondary N) is 1. The van der Waals surface area contributed by atoms with Crippen molar-refractivity contribution in [2.75, 3.05) is 6.54 Å². The van der Waals surface area contributed by atoms with E-state index in [1.165, 1.54) is 0 Å². The molecule has 1 unspecified atom stereocenters. The summed E-state index contributed by atoms with van der Waals surface area (Å²) in [5.41, 5.74) is 0.959. The minimum Gasteiger partial charge on any atom is -0.314 e. The number of likely N-dealkylation sites (N-methyl/N-ethyl adjacent to an activating group) is 1. The van der Waals surface area contributed by atoms with Crippen LogP contribution in [-0.2, 0) is 6.42 Å². The number of rotatable bonds is 6. The highest BCUT2D eigenvalue weighted by Crippen LogP contribution is 2.23. The molecule has 2 nitrogen and oxygen atoms in total. The molecule has 0 bridgehead atoms. The number of hydrogen-bond acceptors (Lipinski definition) is 2. The van der Waals surface area contributed by atoms with Gasteiger partial charge in [0.05, 0.1) is 0 Å². The van der Waals surface area contributed by atoms with E-state index in [9.17, 15) is 13.2 Å². The lowest BCUT2D eigenvalue weighted by molar-refractivity contribution is -0.136. The van der Waals surface area contributed by atoms with Crippen molar-refractivity contribution in [1.29, 1.82) is 0 Å². The van der Waals surface area contributed by atoms with Crippen molar-refractivity contribution in [3.8, 4) is 0 Å². The molecule has 5 heteroatoms. The summed E-state index contributed by atoms with van der Waals surface area (Å²) in [6, 6.07) is 3.53. The Labute approximate surface area is 99.3 Å². The minimum atomic E-state index is -4.08. The molecular formula is C12H17F3N2. The summed E-state index contributed by atoms with van der Waals surface area (Å²) in [4.78, 5) is 3.96. The van der Waals surface area contributed by atoms with E-state index in [0.717, 1.165) is 5.56 Å². The third kappa shape index (κ3) is 6.26. The molecule has 1 heterocycles. The molecule has 0 fully saturated rings. The zero-order chi connectivity index (χ0) is 12.7. The molecule has 1 aromatic heterocycles. The molecule has 1 atom stereocenters.